The molecule has 0 saturated carbocycles. The van der Waals surface area contributed by atoms with Crippen LogP contribution in [0.3, 0.4) is 0 Å². The number of rotatable bonds is 2. The molecule has 1 aliphatic carbocycles. The molecule has 142 valence electrons. The third-order valence-corrected chi connectivity index (χ3v) is 6.51. The largest absolute Gasteiger partial charge is 0.371 e. The van der Waals surface area contributed by atoms with E-state index in [4.69, 9.17) is 51.4 Å². The van der Waals surface area contributed by atoms with E-state index in [1.165, 1.54) is 0 Å². The number of piperidine rings is 1. The first-order chi connectivity index (χ1) is 13.0. The number of benzene rings is 1. The number of amidine groups is 1. The van der Waals surface area contributed by atoms with E-state index in [1.807, 2.05) is 18.2 Å². The fraction of sp³-hybridized carbons (Fsp3) is 0.368. The van der Waals surface area contributed by atoms with Crippen molar-refractivity contribution in [1.82, 2.24) is 5.32 Å². The summed E-state index contributed by atoms with van der Waals surface area (Å²) >= 11 is 24.5. The van der Waals surface area contributed by atoms with Gasteiger partial charge in [0.15, 0.2) is 0 Å². The van der Waals surface area contributed by atoms with Crippen LogP contribution in [0, 0.1) is 0 Å². The van der Waals surface area contributed by atoms with Crippen LogP contribution in [0.1, 0.15) is 19.3 Å². The number of fused-ring (bicyclic) bond motifs is 1. The van der Waals surface area contributed by atoms with Gasteiger partial charge >= 0.3 is 0 Å². The molecule has 4 rings (SSSR count). The monoisotopic (exact) mass is 442 g/mol. The molecule has 1 spiro atoms. The quantitative estimate of drug-likeness (QED) is 0.527. The van der Waals surface area contributed by atoms with Crippen molar-refractivity contribution in [3.8, 4) is 0 Å². The Hall–Kier alpha value is -1.13. The van der Waals surface area contributed by atoms with E-state index >= 15 is 0 Å². The third-order valence-electron chi connectivity index (χ3n) is 5.05. The molecule has 1 aromatic carbocycles. The van der Waals surface area contributed by atoms with Gasteiger partial charge in [0, 0.05) is 0 Å². The summed E-state index contributed by atoms with van der Waals surface area (Å²) < 4.78 is 0. The minimum atomic E-state index is -0.258. The van der Waals surface area contributed by atoms with E-state index in [0.717, 1.165) is 48.7 Å². The molecule has 0 bridgehead atoms. The summed E-state index contributed by atoms with van der Waals surface area (Å²) in [6, 6.07) is 3.70. The van der Waals surface area contributed by atoms with E-state index < -0.39 is 0 Å². The highest BCUT2D eigenvalue weighted by molar-refractivity contribution is 6.44. The van der Waals surface area contributed by atoms with Gasteiger partial charge in [0.25, 0.3) is 0 Å². The van der Waals surface area contributed by atoms with Crippen molar-refractivity contribution < 1.29 is 0 Å². The maximum Gasteiger partial charge on any atom is 0.127 e. The predicted molar refractivity (Wildman–Crippen MR) is 116 cm³/mol. The predicted octanol–water partition coefficient (Wildman–Crippen LogP) is 5.53. The molecule has 3 aliphatic rings. The summed E-state index contributed by atoms with van der Waals surface area (Å²) in [5.74, 6) is 0.904. The first kappa shape index (κ1) is 19.2. The SMILES string of the molecule is ClC1=C=C(CN=C2Nc3cc(Cl)c(Cl)cc3NC23CCNCC3)CC=C1Cl. The smallest absolute Gasteiger partial charge is 0.127 e. The first-order valence-electron chi connectivity index (χ1n) is 8.77. The summed E-state index contributed by atoms with van der Waals surface area (Å²) in [5.41, 5.74) is 5.69. The number of hydrogen-bond acceptors (Lipinski definition) is 3. The Morgan fingerprint density at radius 1 is 1.04 bits per heavy atom. The lowest BCUT2D eigenvalue weighted by molar-refractivity contribution is 0.419. The zero-order chi connectivity index (χ0) is 19.0. The molecule has 1 fully saturated rings. The molecule has 2 aliphatic heterocycles. The molecule has 8 heteroatoms. The van der Waals surface area contributed by atoms with Gasteiger partial charge in [-0.2, -0.15) is 0 Å². The van der Waals surface area contributed by atoms with Crippen molar-refractivity contribution in [2.45, 2.75) is 24.8 Å². The van der Waals surface area contributed by atoms with Gasteiger partial charge in [-0.15, -0.1) is 0 Å². The van der Waals surface area contributed by atoms with Crippen LogP contribution in [0.5, 0.6) is 0 Å². The molecule has 1 saturated heterocycles. The second-order valence-corrected chi connectivity index (χ2v) is 8.46. The highest BCUT2D eigenvalue weighted by atomic mass is 35.5. The van der Waals surface area contributed by atoms with Gasteiger partial charge in [-0.05, 0) is 50.1 Å². The van der Waals surface area contributed by atoms with Gasteiger partial charge in [0.05, 0.1) is 38.5 Å². The summed E-state index contributed by atoms with van der Waals surface area (Å²) in [5, 5.41) is 12.6. The number of anilines is 2. The van der Waals surface area contributed by atoms with Crippen molar-refractivity contribution in [2.24, 2.45) is 4.99 Å². The minimum Gasteiger partial charge on any atom is -0.371 e. The van der Waals surface area contributed by atoms with Crippen LogP contribution in [0.15, 0.2) is 44.6 Å². The number of nitrogens with zero attached hydrogens (tertiary/aromatic N) is 1. The van der Waals surface area contributed by atoms with Crippen LogP contribution in [0.2, 0.25) is 10.0 Å². The lowest BCUT2D eigenvalue weighted by atomic mass is 9.84. The minimum absolute atomic E-state index is 0.258. The van der Waals surface area contributed by atoms with E-state index in [9.17, 15) is 0 Å². The number of nitrogens with one attached hydrogen (secondary N) is 3. The summed E-state index contributed by atoms with van der Waals surface area (Å²) in [6.07, 6.45) is 4.42. The Kier molecular flexibility index (Phi) is 5.48. The lowest BCUT2D eigenvalue weighted by Crippen LogP contribution is -2.57. The normalized spacial score (nSPS) is 22.4. The van der Waals surface area contributed by atoms with Gasteiger partial charge in [-0.3, -0.25) is 4.99 Å². The lowest BCUT2D eigenvalue weighted by Gasteiger charge is -2.44. The van der Waals surface area contributed by atoms with E-state index in [1.54, 1.807) is 0 Å². The van der Waals surface area contributed by atoms with Crippen LogP contribution in [0.25, 0.3) is 0 Å². The Morgan fingerprint density at radius 2 is 1.74 bits per heavy atom. The molecular weight excluding hydrogens is 426 g/mol. The molecule has 0 amide bonds. The fourth-order valence-corrected chi connectivity index (χ4v) is 4.23. The van der Waals surface area contributed by atoms with Crippen LogP contribution in [-0.2, 0) is 0 Å². The van der Waals surface area contributed by atoms with Crippen molar-refractivity contribution in [1.29, 1.82) is 0 Å². The van der Waals surface area contributed by atoms with E-state index in [0.29, 0.717) is 33.1 Å². The van der Waals surface area contributed by atoms with Crippen molar-refractivity contribution in [3.63, 3.8) is 0 Å². The highest BCUT2D eigenvalue weighted by Gasteiger charge is 2.41. The van der Waals surface area contributed by atoms with Crippen LogP contribution in [0.4, 0.5) is 11.4 Å². The molecule has 0 aromatic heterocycles. The molecule has 27 heavy (non-hydrogen) atoms. The number of hydrogen-bond donors (Lipinski definition) is 3. The zero-order valence-electron chi connectivity index (χ0n) is 14.4. The molecule has 0 radical (unpaired) electrons. The van der Waals surface area contributed by atoms with Crippen LogP contribution < -0.4 is 16.0 Å². The molecule has 0 unspecified atom stereocenters. The van der Waals surface area contributed by atoms with Gasteiger partial charge in [0.1, 0.15) is 10.9 Å². The standard InChI is InChI=1S/C19H18Cl4N4/c20-12-2-1-11(7-13(12)21)10-25-18-19(3-5-24-6-4-19)27-17-9-15(23)14(22)8-16(17)26-18/h2,8-9,24,27H,1,3-6,10H2,(H,25,26). The van der Waals surface area contributed by atoms with Crippen molar-refractivity contribution >= 4 is 63.6 Å². The molecule has 1 aromatic rings. The topological polar surface area (TPSA) is 48.5 Å². The first-order valence-corrected chi connectivity index (χ1v) is 10.3. The summed E-state index contributed by atoms with van der Waals surface area (Å²) in [4.78, 5) is 4.89. The van der Waals surface area contributed by atoms with Gasteiger partial charge in [0.2, 0.25) is 0 Å². The van der Waals surface area contributed by atoms with E-state index in [-0.39, 0.29) is 5.54 Å². The van der Waals surface area contributed by atoms with Crippen LogP contribution in [-0.4, -0.2) is 31.0 Å². The maximum absolute atomic E-state index is 6.21. The number of allylic oxidation sites excluding steroid dienone is 2. The Balaban J connectivity index is 1.68. The third kappa shape index (κ3) is 3.88. The van der Waals surface area contributed by atoms with Gasteiger partial charge < -0.3 is 16.0 Å². The Bertz CT molecular complexity index is 907. The molecule has 3 N–H and O–H groups in total. The Labute approximate surface area is 178 Å². The second-order valence-electron chi connectivity index (χ2n) is 6.86. The molecule has 0 atom stereocenters. The maximum atomic E-state index is 6.21. The average Bonchev–Trinajstić information content (AvgIpc) is 2.65. The zero-order valence-corrected chi connectivity index (χ0v) is 17.5. The van der Waals surface area contributed by atoms with Crippen LogP contribution >= 0.6 is 46.4 Å². The van der Waals surface area contributed by atoms with Crippen molar-refractivity contribution in [3.05, 3.63) is 49.6 Å². The second kappa shape index (κ2) is 7.71. The molecular formula is C19H18Cl4N4. The Morgan fingerprint density at radius 3 is 2.44 bits per heavy atom. The fourth-order valence-electron chi connectivity index (χ4n) is 3.57. The highest BCUT2D eigenvalue weighted by Crippen LogP contribution is 2.40. The molecule has 4 nitrogen and oxygen atoms in total. The summed E-state index contributed by atoms with van der Waals surface area (Å²) in [6.45, 7) is 2.33. The number of halogens is 4. The van der Waals surface area contributed by atoms with Gasteiger partial charge in [-0.1, -0.05) is 58.2 Å². The van der Waals surface area contributed by atoms with E-state index in [2.05, 4.69) is 21.7 Å². The average molecular weight is 444 g/mol. The number of aliphatic imine (C=N–C) groups is 1. The summed E-state index contributed by atoms with van der Waals surface area (Å²) in [7, 11) is 0. The molecule has 2 heterocycles. The van der Waals surface area contributed by atoms with Gasteiger partial charge in [-0.25, -0.2) is 0 Å². The van der Waals surface area contributed by atoms with Crippen molar-refractivity contribution in [2.75, 3.05) is 30.3 Å².